The van der Waals surface area contributed by atoms with Crippen molar-refractivity contribution in [1.82, 2.24) is 10.6 Å². The van der Waals surface area contributed by atoms with Crippen LogP contribution < -0.4 is 16.0 Å². The zero-order valence-electron chi connectivity index (χ0n) is 15.9. The molecule has 3 aromatic rings. The number of halogens is 1. The number of carbonyl (C=O) groups excluding carboxylic acids is 2. The van der Waals surface area contributed by atoms with Crippen LogP contribution in [0, 0.1) is 0 Å². The number of amides is 2. The SMILES string of the molecule is CCC(C)NC(=O)c1cccc(NC(=S)NC(=O)c2sc3ccccc3c2Cl)c1. The number of benzene rings is 2. The highest BCUT2D eigenvalue weighted by Crippen LogP contribution is 2.34. The Bertz CT molecular complexity index is 1080. The summed E-state index contributed by atoms with van der Waals surface area (Å²) in [6, 6.07) is 14.6. The van der Waals surface area contributed by atoms with Crippen LogP contribution in [0.5, 0.6) is 0 Å². The second-order valence-electron chi connectivity index (χ2n) is 6.51. The molecule has 8 heteroatoms. The number of rotatable bonds is 5. The average Bonchev–Trinajstić information content (AvgIpc) is 3.05. The molecule has 1 unspecified atom stereocenters. The Hall–Kier alpha value is -2.48. The Morgan fingerprint density at radius 1 is 1.14 bits per heavy atom. The van der Waals surface area contributed by atoms with E-state index < -0.39 is 0 Å². The van der Waals surface area contributed by atoms with Crippen LogP contribution >= 0.6 is 35.2 Å². The van der Waals surface area contributed by atoms with E-state index in [2.05, 4.69) is 16.0 Å². The fraction of sp³-hybridized carbons (Fsp3) is 0.190. The van der Waals surface area contributed by atoms with E-state index in [1.807, 2.05) is 38.1 Å². The molecule has 29 heavy (non-hydrogen) atoms. The van der Waals surface area contributed by atoms with Crippen LogP contribution in [0.2, 0.25) is 5.02 Å². The maximum absolute atomic E-state index is 12.6. The Morgan fingerprint density at radius 2 is 1.90 bits per heavy atom. The molecule has 1 heterocycles. The van der Waals surface area contributed by atoms with Crippen molar-refractivity contribution in [2.75, 3.05) is 5.32 Å². The first-order valence-electron chi connectivity index (χ1n) is 9.09. The lowest BCUT2D eigenvalue weighted by Gasteiger charge is -2.13. The van der Waals surface area contributed by atoms with Crippen LogP contribution in [0.1, 0.15) is 40.3 Å². The molecule has 0 aliphatic rings. The summed E-state index contributed by atoms with van der Waals surface area (Å²) in [5, 5.41) is 9.87. The van der Waals surface area contributed by atoms with Gasteiger partial charge in [-0.05, 0) is 49.8 Å². The number of thiocarbonyl (C=S) groups is 1. The molecule has 0 radical (unpaired) electrons. The second-order valence-corrected chi connectivity index (χ2v) is 8.35. The fourth-order valence-corrected chi connectivity index (χ4v) is 4.25. The minimum atomic E-state index is -0.376. The molecule has 3 N–H and O–H groups in total. The van der Waals surface area contributed by atoms with Gasteiger partial charge in [0.15, 0.2) is 5.11 Å². The van der Waals surface area contributed by atoms with E-state index in [1.165, 1.54) is 11.3 Å². The molecule has 3 rings (SSSR count). The third-order valence-electron chi connectivity index (χ3n) is 4.34. The summed E-state index contributed by atoms with van der Waals surface area (Å²) in [5.41, 5.74) is 1.12. The van der Waals surface area contributed by atoms with Gasteiger partial charge in [0, 0.05) is 27.4 Å². The summed E-state index contributed by atoms with van der Waals surface area (Å²) in [7, 11) is 0. The maximum atomic E-state index is 12.6. The Labute approximate surface area is 183 Å². The van der Waals surface area contributed by atoms with Gasteiger partial charge in [0.25, 0.3) is 11.8 Å². The van der Waals surface area contributed by atoms with Crippen molar-refractivity contribution >= 4 is 67.9 Å². The molecule has 0 bridgehead atoms. The Morgan fingerprint density at radius 3 is 2.62 bits per heavy atom. The van der Waals surface area contributed by atoms with Crippen LogP contribution in [0.15, 0.2) is 48.5 Å². The van der Waals surface area contributed by atoms with Gasteiger partial charge in [-0.3, -0.25) is 14.9 Å². The summed E-state index contributed by atoms with van der Waals surface area (Å²) in [6.45, 7) is 3.96. The van der Waals surface area contributed by atoms with Crippen LogP contribution in [0.3, 0.4) is 0 Å². The summed E-state index contributed by atoms with van der Waals surface area (Å²) < 4.78 is 0.932. The molecule has 150 valence electrons. The van der Waals surface area contributed by atoms with Crippen molar-refractivity contribution < 1.29 is 9.59 Å². The monoisotopic (exact) mass is 445 g/mol. The maximum Gasteiger partial charge on any atom is 0.269 e. The zero-order valence-corrected chi connectivity index (χ0v) is 18.3. The first kappa shape index (κ1) is 21.2. The summed E-state index contributed by atoms with van der Waals surface area (Å²) in [6.07, 6.45) is 0.847. The predicted molar refractivity (Wildman–Crippen MR) is 124 cm³/mol. The lowest BCUT2D eigenvalue weighted by molar-refractivity contribution is 0.0937. The number of hydrogen-bond donors (Lipinski definition) is 3. The van der Waals surface area contributed by atoms with Crippen molar-refractivity contribution in [3.05, 3.63) is 64.0 Å². The zero-order chi connectivity index (χ0) is 21.0. The van der Waals surface area contributed by atoms with Crippen LogP contribution in [0.25, 0.3) is 10.1 Å². The van der Waals surface area contributed by atoms with Gasteiger partial charge in [-0.25, -0.2) is 0 Å². The van der Waals surface area contributed by atoms with Crippen LogP contribution in [-0.4, -0.2) is 23.0 Å². The van der Waals surface area contributed by atoms with Crippen LogP contribution in [0.4, 0.5) is 5.69 Å². The quantitative estimate of drug-likeness (QED) is 0.471. The summed E-state index contributed by atoms with van der Waals surface area (Å²) in [5.74, 6) is -0.533. The summed E-state index contributed by atoms with van der Waals surface area (Å²) in [4.78, 5) is 25.3. The van der Waals surface area contributed by atoms with Crippen molar-refractivity contribution in [3.63, 3.8) is 0 Å². The van der Waals surface area contributed by atoms with E-state index in [0.717, 1.165) is 16.5 Å². The fourth-order valence-electron chi connectivity index (χ4n) is 2.63. The molecule has 1 aromatic heterocycles. The van der Waals surface area contributed by atoms with Gasteiger partial charge in [-0.2, -0.15) is 0 Å². The largest absolute Gasteiger partial charge is 0.350 e. The normalized spacial score (nSPS) is 11.7. The molecule has 0 aliphatic heterocycles. The second kappa shape index (κ2) is 9.35. The Balaban J connectivity index is 1.67. The number of carbonyl (C=O) groups is 2. The molecule has 0 aliphatic carbocycles. The first-order chi connectivity index (χ1) is 13.9. The van der Waals surface area contributed by atoms with E-state index in [-0.39, 0.29) is 23.0 Å². The minimum Gasteiger partial charge on any atom is -0.350 e. The van der Waals surface area contributed by atoms with E-state index in [1.54, 1.807) is 24.3 Å². The predicted octanol–water partition coefficient (Wildman–Crippen LogP) is 5.21. The number of thiophene rings is 1. The molecule has 2 amide bonds. The van der Waals surface area contributed by atoms with Crippen molar-refractivity contribution in [2.45, 2.75) is 26.3 Å². The lowest BCUT2D eigenvalue weighted by atomic mass is 10.1. The third kappa shape index (κ3) is 5.12. The van der Waals surface area contributed by atoms with Gasteiger partial charge >= 0.3 is 0 Å². The molecule has 1 atom stereocenters. The molecule has 0 saturated carbocycles. The highest BCUT2D eigenvalue weighted by atomic mass is 35.5. The summed E-state index contributed by atoms with van der Waals surface area (Å²) >= 11 is 12.9. The number of fused-ring (bicyclic) bond motifs is 1. The van der Waals surface area contributed by atoms with Gasteiger partial charge in [-0.1, -0.05) is 42.8 Å². The van der Waals surface area contributed by atoms with Gasteiger partial charge in [0.05, 0.1) is 5.02 Å². The van der Waals surface area contributed by atoms with Gasteiger partial charge in [0.2, 0.25) is 0 Å². The lowest BCUT2D eigenvalue weighted by Crippen LogP contribution is -2.34. The van der Waals surface area contributed by atoms with Crippen molar-refractivity contribution in [2.24, 2.45) is 0 Å². The van der Waals surface area contributed by atoms with Crippen molar-refractivity contribution in [1.29, 1.82) is 0 Å². The van der Waals surface area contributed by atoms with Gasteiger partial charge < -0.3 is 10.6 Å². The highest BCUT2D eigenvalue weighted by molar-refractivity contribution is 7.80. The Kier molecular flexibility index (Phi) is 6.84. The van der Waals surface area contributed by atoms with E-state index in [9.17, 15) is 9.59 Å². The van der Waals surface area contributed by atoms with Crippen molar-refractivity contribution in [3.8, 4) is 0 Å². The molecule has 5 nitrogen and oxygen atoms in total. The minimum absolute atomic E-state index is 0.0885. The van der Waals surface area contributed by atoms with E-state index >= 15 is 0 Å². The number of anilines is 1. The highest BCUT2D eigenvalue weighted by Gasteiger charge is 2.18. The smallest absolute Gasteiger partial charge is 0.269 e. The van der Waals surface area contributed by atoms with Gasteiger partial charge in [-0.15, -0.1) is 11.3 Å². The number of hydrogen-bond acceptors (Lipinski definition) is 4. The first-order valence-corrected chi connectivity index (χ1v) is 10.7. The molecule has 0 fully saturated rings. The third-order valence-corrected chi connectivity index (χ3v) is 6.22. The van der Waals surface area contributed by atoms with Gasteiger partial charge in [0.1, 0.15) is 4.88 Å². The molecule has 2 aromatic carbocycles. The van der Waals surface area contributed by atoms with Crippen LogP contribution in [-0.2, 0) is 0 Å². The number of nitrogens with one attached hydrogen (secondary N) is 3. The van der Waals surface area contributed by atoms with E-state index in [0.29, 0.717) is 21.2 Å². The standard InChI is InChI=1S/C21H20ClN3O2S2/c1-3-12(2)23-19(26)13-7-6-8-14(11-13)24-21(28)25-20(27)18-17(22)15-9-4-5-10-16(15)29-18/h4-12H,3H2,1-2H3,(H,23,26)(H2,24,25,27,28). The van der Waals surface area contributed by atoms with E-state index in [4.69, 9.17) is 23.8 Å². The molecular formula is C21H20ClN3O2S2. The average molecular weight is 446 g/mol. The molecule has 0 saturated heterocycles. The molecular weight excluding hydrogens is 426 g/mol. The molecule has 0 spiro atoms. The topological polar surface area (TPSA) is 70.2 Å².